The summed E-state index contributed by atoms with van der Waals surface area (Å²) in [6, 6.07) is 4.43. The minimum atomic E-state index is -3.38. The van der Waals surface area contributed by atoms with Gasteiger partial charge in [-0.3, -0.25) is 0 Å². The second-order valence-corrected chi connectivity index (χ2v) is 6.35. The number of benzene rings is 1. The fraction of sp³-hybridized carbons (Fsp3) is 0.500. The standard InChI is InChI=1S/C12H17NO3S/c1-10-9-11(5-6-12(10)14)17(15,16)13-7-3-2-4-8-13/h5-6,9,14H,2-4,7-8H2,1H3. The second kappa shape index (κ2) is 4.66. The molecule has 0 unspecified atom stereocenters. The third-order valence-electron chi connectivity index (χ3n) is 3.12. The highest BCUT2D eigenvalue weighted by molar-refractivity contribution is 7.89. The Labute approximate surface area is 102 Å². The van der Waals surface area contributed by atoms with E-state index in [2.05, 4.69) is 0 Å². The third-order valence-corrected chi connectivity index (χ3v) is 5.02. The van der Waals surface area contributed by atoms with Crippen LogP contribution < -0.4 is 0 Å². The molecule has 0 aromatic heterocycles. The lowest BCUT2D eigenvalue weighted by atomic mass is 10.2. The van der Waals surface area contributed by atoms with Crippen molar-refractivity contribution in [2.24, 2.45) is 0 Å². The zero-order valence-electron chi connectivity index (χ0n) is 9.89. The Balaban J connectivity index is 2.33. The first-order valence-electron chi connectivity index (χ1n) is 5.81. The summed E-state index contributed by atoms with van der Waals surface area (Å²) in [7, 11) is -3.38. The van der Waals surface area contributed by atoms with Crippen molar-refractivity contribution in [2.45, 2.75) is 31.1 Å². The van der Waals surface area contributed by atoms with Gasteiger partial charge in [-0.05, 0) is 43.5 Å². The highest BCUT2D eigenvalue weighted by Gasteiger charge is 2.26. The van der Waals surface area contributed by atoms with Crippen LogP contribution in [0.15, 0.2) is 23.1 Å². The molecule has 1 heterocycles. The monoisotopic (exact) mass is 255 g/mol. The lowest BCUT2D eigenvalue weighted by Crippen LogP contribution is -2.35. The maximum atomic E-state index is 12.3. The van der Waals surface area contributed by atoms with Crippen molar-refractivity contribution in [1.82, 2.24) is 4.31 Å². The third kappa shape index (κ3) is 2.45. The number of phenols is 1. The Morgan fingerprint density at radius 3 is 2.41 bits per heavy atom. The maximum Gasteiger partial charge on any atom is 0.243 e. The van der Waals surface area contributed by atoms with Gasteiger partial charge in [0.05, 0.1) is 4.90 Å². The van der Waals surface area contributed by atoms with E-state index < -0.39 is 10.0 Å². The van der Waals surface area contributed by atoms with Crippen LogP contribution in [-0.2, 0) is 10.0 Å². The first-order chi connectivity index (χ1) is 8.01. The van der Waals surface area contributed by atoms with Crippen molar-refractivity contribution in [3.8, 4) is 5.75 Å². The van der Waals surface area contributed by atoms with Crippen molar-refractivity contribution >= 4 is 10.0 Å². The predicted molar refractivity (Wildman–Crippen MR) is 65.5 cm³/mol. The van der Waals surface area contributed by atoms with Gasteiger partial charge in [0.2, 0.25) is 10.0 Å². The zero-order valence-corrected chi connectivity index (χ0v) is 10.7. The molecule has 1 aromatic carbocycles. The molecule has 1 N–H and O–H groups in total. The van der Waals surface area contributed by atoms with E-state index in [-0.39, 0.29) is 10.6 Å². The first kappa shape index (κ1) is 12.4. The fourth-order valence-electron chi connectivity index (χ4n) is 2.04. The van der Waals surface area contributed by atoms with Crippen molar-refractivity contribution in [2.75, 3.05) is 13.1 Å². The van der Waals surface area contributed by atoms with Crippen LogP contribution in [0.25, 0.3) is 0 Å². The second-order valence-electron chi connectivity index (χ2n) is 4.41. The predicted octanol–water partition coefficient (Wildman–Crippen LogP) is 1.88. The summed E-state index contributed by atoms with van der Waals surface area (Å²) in [4.78, 5) is 0.273. The van der Waals surface area contributed by atoms with Crippen LogP contribution in [-0.4, -0.2) is 30.9 Å². The van der Waals surface area contributed by atoms with Gasteiger partial charge in [-0.25, -0.2) is 8.42 Å². The molecule has 0 atom stereocenters. The van der Waals surface area contributed by atoms with E-state index in [1.165, 1.54) is 22.5 Å². The summed E-state index contributed by atoms with van der Waals surface area (Å²) in [6.07, 6.45) is 2.95. The summed E-state index contributed by atoms with van der Waals surface area (Å²) < 4.78 is 26.1. The normalized spacial score (nSPS) is 18.2. The molecule has 4 nitrogen and oxygen atoms in total. The van der Waals surface area contributed by atoms with Crippen molar-refractivity contribution in [3.63, 3.8) is 0 Å². The minimum absolute atomic E-state index is 0.127. The van der Waals surface area contributed by atoms with Gasteiger partial charge in [-0.1, -0.05) is 6.42 Å². The fourth-order valence-corrected chi connectivity index (χ4v) is 3.65. The Morgan fingerprint density at radius 1 is 1.18 bits per heavy atom. The van der Waals surface area contributed by atoms with Crippen LogP contribution in [0.4, 0.5) is 0 Å². The van der Waals surface area contributed by atoms with Gasteiger partial charge < -0.3 is 5.11 Å². The molecule has 1 fully saturated rings. The average Bonchev–Trinajstić information content (AvgIpc) is 2.33. The molecule has 0 amide bonds. The highest BCUT2D eigenvalue weighted by atomic mass is 32.2. The molecule has 17 heavy (non-hydrogen) atoms. The minimum Gasteiger partial charge on any atom is -0.508 e. The molecule has 0 saturated carbocycles. The number of piperidine rings is 1. The highest BCUT2D eigenvalue weighted by Crippen LogP contribution is 2.24. The summed E-state index contributed by atoms with van der Waals surface area (Å²) in [5, 5.41) is 9.41. The van der Waals surface area contributed by atoms with Crippen LogP contribution in [0, 0.1) is 6.92 Å². The Kier molecular flexibility index (Phi) is 3.40. The van der Waals surface area contributed by atoms with Gasteiger partial charge in [0.25, 0.3) is 0 Å². The Bertz CT molecular complexity index is 504. The number of phenolic OH excluding ortho intramolecular Hbond substituents is 1. The SMILES string of the molecule is Cc1cc(S(=O)(=O)N2CCCCC2)ccc1O. The molecule has 94 valence electrons. The van der Waals surface area contributed by atoms with E-state index in [1.807, 2.05) is 0 Å². The maximum absolute atomic E-state index is 12.3. The summed E-state index contributed by atoms with van der Waals surface area (Å²) in [5.41, 5.74) is 0.586. The molecular weight excluding hydrogens is 238 g/mol. The lowest BCUT2D eigenvalue weighted by molar-refractivity contribution is 0.346. The molecule has 0 spiro atoms. The van der Waals surface area contributed by atoms with Gasteiger partial charge in [0.1, 0.15) is 5.75 Å². The van der Waals surface area contributed by atoms with Crippen molar-refractivity contribution in [1.29, 1.82) is 0 Å². The largest absolute Gasteiger partial charge is 0.508 e. The average molecular weight is 255 g/mol. The van der Waals surface area contributed by atoms with E-state index in [1.54, 1.807) is 6.92 Å². The van der Waals surface area contributed by atoms with Crippen LogP contribution >= 0.6 is 0 Å². The molecule has 0 aliphatic carbocycles. The molecule has 1 aliphatic heterocycles. The topological polar surface area (TPSA) is 57.6 Å². The molecule has 2 rings (SSSR count). The number of nitrogens with zero attached hydrogens (tertiary/aromatic N) is 1. The van der Waals surface area contributed by atoms with E-state index in [0.29, 0.717) is 18.7 Å². The Hall–Kier alpha value is -1.07. The molecule has 5 heteroatoms. The number of hydrogen-bond acceptors (Lipinski definition) is 3. The van der Waals surface area contributed by atoms with Gasteiger partial charge >= 0.3 is 0 Å². The van der Waals surface area contributed by atoms with Crippen LogP contribution in [0.5, 0.6) is 5.75 Å². The smallest absolute Gasteiger partial charge is 0.243 e. The summed E-state index contributed by atoms with van der Waals surface area (Å²) in [6.45, 7) is 2.90. The zero-order chi connectivity index (χ0) is 12.5. The van der Waals surface area contributed by atoms with E-state index >= 15 is 0 Å². The number of aromatic hydroxyl groups is 1. The van der Waals surface area contributed by atoms with Crippen LogP contribution in [0.1, 0.15) is 24.8 Å². The van der Waals surface area contributed by atoms with Gasteiger partial charge in [0, 0.05) is 13.1 Å². The van der Waals surface area contributed by atoms with Crippen molar-refractivity contribution < 1.29 is 13.5 Å². The van der Waals surface area contributed by atoms with Crippen LogP contribution in [0.2, 0.25) is 0 Å². The molecule has 1 aliphatic rings. The molecule has 1 aromatic rings. The van der Waals surface area contributed by atoms with Gasteiger partial charge in [0.15, 0.2) is 0 Å². The molecule has 0 bridgehead atoms. The lowest BCUT2D eigenvalue weighted by Gasteiger charge is -2.26. The van der Waals surface area contributed by atoms with Crippen molar-refractivity contribution in [3.05, 3.63) is 23.8 Å². The molecule has 1 saturated heterocycles. The van der Waals surface area contributed by atoms with Gasteiger partial charge in [-0.15, -0.1) is 0 Å². The molecular formula is C12H17NO3S. The van der Waals surface area contributed by atoms with E-state index in [9.17, 15) is 13.5 Å². The quantitative estimate of drug-likeness (QED) is 0.877. The molecule has 0 radical (unpaired) electrons. The van der Waals surface area contributed by atoms with E-state index in [0.717, 1.165) is 19.3 Å². The summed E-state index contributed by atoms with van der Waals surface area (Å²) >= 11 is 0. The number of hydrogen-bond donors (Lipinski definition) is 1. The first-order valence-corrected chi connectivity index (χ1v) is 7.25. The summed E-state index contributed by atoms with van der Waals surface area (Å²) in [5.74, 6) is 0.127. The van der Waals surface area contributed by atoms with Gasteiger partial charge in [-0.2, -0.15) is 4.31 Å². The number of rotatable bonds is 2. The number of sulfonamides is 1. The number of aryl methyl sites for hydroxylation is 1. The van der Waals surface area contributed by atoms with E-state index in [4.69, 9.17) is 0 Å². The Morgan fingerprint density at radius 2 is 1.82 bits per heavy atom. The van der Waals surface area contributed by atoms with Crippen LogP contribution in [0.3, 0.4) is 0 Å².